The summed E-state index contributed by atoms with van der Waals surface area (Å²) in [5.74, 6) is -0.858. The molecule has 0 aliphatic heterocycles. The molecule has 1 saturated carbocycles. The topological polar surface area (TPSA) is 134 Å². The molecule has 0 spiro atoms. The van der Waals surface area contributed by atoms with Crippen LogP contribution in [0.5, 0.6) is 5.75 Å². The van der Waals surface area contributed by atoms with Crippen LogP contribution in [0, 0.1) is 13.8 Å². The Morgan fingerprint density at radius 3 is 2.42 bits per heavy atom. The van der Waals surface area contributed by atoms with Crippen LogP contribution < -0.4 is 10.1 Å². The fourth-order valence-electron chi connectivity index (χ4n) is 3.52. The van der Waals surface area contributed by atoms with Gasteiger partial charge in [0.2, 0.25) is 5.89 Å². The third-order valence-corrected chi connectivity index (χ3v) is 7.04. The number of nitrogens with zero attached hydrogens (tertiary/aromatic N) is 3. The van der Waals surface area contributed by atoms with Crippen molar-refractivity contribution in [1.29, 1.82) is 0 Å². The first-order valence-electron chi connectivity index (χ1n) is 11.5. The molecule has 2 aromatic heterocycles. The molecule has 0 saturated heterocycles. The number of benzene rings is 1. The molecular formula is C24H25F3N4O6S. The average Bonchev–Trinajstić information content (AvgIpc) is 3.60. The predicted molar refractivity (Wildman–Crippen MR) is 126 cm³/mol. The average molecular weight is 555 g/mol. The smallest absolute Gasteiger partial charge is 0.422 e. The van der Waals surface area contributed by atoms with Crippen LogP contribution in [0.25, 0.3) is 0 Å². The van der Waals surface area contributed by atoms with Crippen LogP contribution in [0.2, 0.25) is 0 Å². The highest BCUT2D eigenvalue weighted by Crippen LogP contribution is 2.44. The van der Waals surface area contributed by atoms with Gasteiger partial charge in [-0.15, -0.1) is 0 Å². The van der Waals surface area contributed by atoms with Crippen LogP contribution >= 0.6 is 0 Å². The minimum atomic E-state index is -4.57. The lowest BCUT2D eigenvalue weighted by molar-refractivity contribution is -0.153. The molecule has 1 atom stereocenters. The maximum Gasteiger partial charge on any atom is 0.422 e. The van der Waals surface area contributed by atoms with E-state index >= 15 is 0 Å². The number of carbonyl (C=O) groups is 1. The fraction of sp³-hybridized carbons (Fsp3) is 0.417. The summed E-state index contributed by atoms with van der Waals surface area (Å²) in [4.78, 5) is 21.3. The summed E-state index contributed by atoms with van der Waals surface area (Å²) in [5.41, 5.74) is -0.549. The molecule has 38 heavy (non-hydrogen) atoms. The fourth-order valence-corrected chi connectivity index (χ4v) is 4.52. The van der Waals surface area contributed by atoms with Gasteiger partial charge in [0.05, 0.1) is 11.5 Å². The molecule has 0 bridgehead atoms. The zero-order chi connectivity index (χ0) is 27.7. The van der Waals surface area contributed by atoms with Crippen molar-refractivity contribution < 1.29 is 39.8 Å². The maximum atomic E-state index is 13.2. The molecule has 1 fully saturated rings. The molecule has 3 aromatic rings. The van der Waals surface area contributed by atoms with E-state index in [9.17, 15) is 26.4 Å². The lowest BCUT2D eigenvalue weighted by atomic mass is 10.0. The monoisotopic (exact) mass is 554 g/mol. The van der Waals surface area contributed by atoms with Crippen LogP contribution in [0.4, 0.5) is 13.2 Å². The summed E-state index contributed by atoms with van der Waals surface area (Å²) in [6.07, 6.45) is -1.70. The molecule has 4 rings (SSSR count). The first kappa shape index (κ1) is 27.5. The second kappa shape index (κ2) is 10.3. The number of halogens is 3. The number of nitrogens with one attached hydrogen (secondary N) is 1. The number of alkyl halides is 3. The Bertz CT molecular complexity index is 1420. The van der Waals surface area contributed by atoms with E-state index in [1.807, 2.05) is 0 Å². The van der Waals surface area contributed by atoms with Crippen molar-refractivity contribution in [3.05, 3.63) is 65.1 Å². The normalized spacial score (nSPS) is 15.6. The van der Waals surface area contributed by atoms with Gasteiger partial charge in [0.1, 0.15) is 17.0 Å². The number of ether oxygens (including phenoxy) is 1. The summed E-state index contributed by atoms with van der Waals surface area (Å²) in [5, 5.41) is 6.38. The summed E-state index contributed by atoms with van der Waals surface area (Å²) >= 11 is 0. The van der Waals surface area contributed by atoms with Gasteiger partial charge < -0.3 is 14.6 Å². The molecule has 204 valence electrons. The van der Waals surface area contributed by atoms with Gasteiger partial charge in [-0.05, 0) is 44.7 Å². The van der Waals surface area contributed by atoms with Crippen molar-refractivity contribution >= 4 is 16.0 Å². The van der Waals surface area contributed by atoms with E-state index in [1.165, 1.54) is 32.2 Å². The molecule has 1 aliphatic carbocycles. The van der Waals surface area contributed by atoms with E-state index in [2.05, 4.69) is 20.4 Å². The highest BCUT2D eigenvalue weighted by molar-refractivity contribution is 7.86. The standard InChI is InChI=1S/C24H25F3N4O6S/c1-14-4-8-17(9-5-14)38(33,34)36-12-23(3,22-29-15(2)37-31-22)30-21(32)19-10-20(35-13-24(25,26)27)18(11-28-19)16-6-7-16/h4-5,8-11,16H,6-7,12-13H2,1-3H3,(H,30,32). The van der Waals surface area contributed by atoms with Crippen LogP contribution in [0.15, 0.2) is 45.9 Å². The zero-order valence-corrected chi connectivity index (χ0v) is 21.5. The molecular weight excluding hydrogens is 529 g/mol. The van der Waals surface area contributed by atoms with Crippen molar-refractivity contribution in [2.45, 2.75) is 56.1 Å². The second-order valence-corrected chi connectivity index (χ2v) is 10.9. The van der Waals surface area contributed by atoms with E-state index in [-0.39, 0.29) is 34.0 Å². The molecule has 1 amide bonds. The molecule has 10 nitrogen and oxygen atoms in total. The van der Waals surface area contributed by atoms with Gasteiger partial charge >= 0.3 is 6.18 Å². The lowest BCUT2D eigenvalue weighted by Gasteiger charge is -2.27. The Hall–Kier alpha value is -3.52. The molecule has 1 aliphatic rings. The number of pyridine rings is 1. The zero-order valence-electron chi connectivity index (χ0n) is 20.7. The maximum absolute atomic E-state index is 13.2. The Morgan fingerprint density at radius 2 is 1.84 bits per heavy atom. The molecule has 0 radical (unpaired) electrons. The number of rotatable bonds is 10. The molecule has 1 unspecified atom stereocenters. The van der Waals surface area contributed by atoms with E-state index in [4.69, 9.17) is 13.4 Å². The Morgan fingerprint density at radius 1 is 1.16 bits per heavy atom. The van der Waals surface area contributed by atoms with Crippen LogP contribution in [0.1, 0.15) is 59.0 Å². The lowest BCUT2D eigenvalue weighted by Crippen LogP contribution is -2.48. The third-order valence-electron chi connectivity index (χ3n) is 5.76. The minimum Gasteiger partial charge on any atom is -0.484 e. The summed E-state index contributed by atoms with van der Waals surface area (Å²) in [6, 6.07) is 7.10. The van der Waals surface area contributed by atoms with E-state index < -0.39 is 41.0 Å². The van der Waals surface area contributed by atoms with Gasteiger partial charge in [-0.2, -0.15) is 26.6 Å². The van der Waals surface area contributed by atoms with Crippen molar-refractivity contribution in [3.8, 4) is 5.75 Å². The van der Waals surface area contributed by atoms with E-state index in [1.54, 1.807) is 19.1 Å². The Balaban J connectivity index is 1.58. The summed E-state index contributed by atoms with van der Waals surface area (Å²) in [7, 11) is -4.23. The van der Waals surface area contributed by atoms with Gasteiger partial charge in [0.15, 0.2) is 12.4 Å². The second-order valence-electron chi connectivity index (χ2n) is 9.24. The van der Waals surface area contributed by atoms with Gasteiger partial charge in [-0.1, -0.05) is 22.9 Å². The van der Waals surface area contributed by atoms with Crippen LogP contribution in [0.3, 0.4) is 0 Å². The highest BCUT2D eigenvalue weighted by Gasteiger charge is 2.38. The first-order chi connectivity index (χ1) is 17.8. The molecule has 1 aromatic carbocycles. The van der Waals surface area contributed by atoms with Crippen molar-refractivity contribution in [2.24, 2.45) is 0 Å². The predicted octanol–water partition coefficient (Wildman–Crippen LogP) is 3.95. The third kappa shape index (κ3) is 6.67. The van der Waals surface area contributed by atoms with Gasteiger partial charge in [0, 0.05) is 24.8 Å². The summed E-state index contributed by atoms with van der Waals surface area (Å²) in [6.45, 7) is 2.58. The number of aromatic nitrogens is 3. The number of hydrogen-bond acceptors (Lipinski definition) is 9. The molecule has 14 heteroatoms. The van der Waals surface area contributed by atoms with Gasteiger partial charge in [-0.25, -0.2) is 0 Å². The van der Waals surface area contributed by atoms with Crippen molar-refractivity contribution in [2.75, 3.05) is 13.2 Å². The Kier molecular flexibility index (Phi) is 7.48. The quantitative estimate of drug-likeness (QED) is 0.370. The largest absolute Gasteiger partial charge is 0.484 e. The number of carbonyl (C=O) groups excluding carboxylic acids is 1. The number of amides is 1. The molecule has 1 N–H and O–H groups in total. The SMILES string of the molecule is Cc1ccc(S(=O)(=O)OCC(C)(NC(=O)c2cc(OCC(F)(F)F)c(C3CC3)cn2)c2noc(C)n2)cc1. The molecule has 2 heterocycles. The number of hydrogen-bond donors (Lipinski definition) is 1. The van der Waals surface area contributed by atoms with Gasteiger partial charge in [-0.3, -0.25) is 14.0 Å². The highest BCUT2D eigenvalue weighted by atomic mass is 32.2. The van der Waals surface area contributed by atoms with Crippen molar-refractivity contribution in [1.82, 2.24) is 20.4 Å². The van der Waals surface area contributed by atoms with Crippen molar-refractivity contribution in [3.63, 3.8) is 0 Å². The van der Waals surface area contributed by atoms with Crippen LogP contribution in [-0.4, -0.2) is 48.8 Å². The first-order valence-corrected chi connectivity index (χ1v) is 13.0. The minimum absolute atomic E-state index is 0.01000. The number of aryl methyl sites for hydroxylation is 2. The van der Waals surface area contributed by atoms with Crippen LogP contribution in [-0.2, 0) is 19.8 Å². The summed E-state index contributed by atoms with van der Waals surface area (Å²) < 4.78 is 79.1. The van der Waals surface area contributed by atoms with E-state index in [0.717, 1.165) is 24.5 Å². The Labute approximate surface area is 216 Å². The van der Waals surface area contributed by atoms with E-state index in [0.29, 0.717) is 5.56 Å². The van der Waals surface area contributed by atoms with Gasteiger partial charge in [0.25, 0.3) is 16.0 Å².